The van der Waals surface area contributed by atoms with Crippen LogP contribution in [0.4, 0.5) is 0 Å². The van der Waals surface area contributed by atoms with Gasteiger partial charge in [-0.3, -0.25) is 0 Å². The van der Waals surface area contributed by atoms with Crippen LogP contribution < -0.4 is 15.2 Å². The number of allylic oxidation sites excluding steroid dienone is 2. The van der Waals surface area contributed by atoms with Crippen LogP contribution >= 0.6 is 0 Å². The molecule has 0 unspecified atom stereocenters. The Labute approximate surface area is 89.7 Å². The van der Waals surface area contributed by atoms with Crippen LogP contribution in [0.1, 0.15) is 12.5 Å². The van der Waals surface area contributed by atoms with E-state index in [0.717, 1.165) is 17.4 Å². The van der Waals surface area contributed by atoms with Gasteiger partial charge in [-0.15, -0.1) is 0 Å². The van der Waals surface area contributed by atoms with Crippen molar-refractivity contribution >= 4 is 12.2 Å². The molecule has 1 heterocycles. The number of fused-ring (bicyclic) bond motifs is 1. The second kappa shape index (κ2) is 4.18. The van der Waals surface area contributed by atoms with Crippen molar-refractivity contribution in [3.8, 4) is 5.75 Å². The van der Waals surface area contributed by atoms with Crippen LogP contribution in [-0.2, 0) is 6.42 Å². The third kappa shape index (κ3) is 1.73. The summed E-state index contributed by atoms with van der Waals surface area (Å²) in [6.45, 7) is 5.77. The standard InChI is InChI=1S/C14H14O/c1-3-6-13-11(4-2)8-9-12-7-5-10-15-14(12)13/h3-6,8-10H,1,7H2,2H3/b11-4-,13-6+. The van der Waals surface area contributed by atoms with Crippen LogP contribution in [0.3, 0.4) is 0 Å². The minimum absolute atomic E-state index is 0.942. The Morgan fingerprint density at radius 3 is 3.00 bits per heavy atom. The van der Waals surface area contributed by atoms with Crippen molar-refractivity contribution in [1.82, 2.24) is 0 Å². The average Bonchev–Trinajstić information content (AvgIpc) is 2.30. The molecule has 0 radical (unpaired) electrons. The lowest BCUT2D eigenvalue weighted by Gasteiger charge is -2.12. The van der Waals surface area contributed by atoms with Gasteiger partial charge in [-0.2, -0.15) is 0 Å². The number of rotatable bonds is 1. The van der Waals surface area contributed by atoms with Crippen LogP contribution in [0, 0.1) is 0 Å². The molecule has 1 aliphatic heterocycles. The fourth-order valence-electron chi connectivity index (χ4n) is 1.79. The minimum Gasteiger partial charge on any atom is -0.464 e. The molecule has 76 valence electrons. The van der Waals surface area contributed by atoms with Gasteiger partial charge in [0.25, 0.3) is 0 Å². The van der Waals surface area contributed by atoms with E-state index in [9.17, 15) is 0 Å². The summed E-state index contributed by atoms with van der Waals surface area (Å²) < 4.78 is 5.57. The lowest BCUT2D eigenvalue weighted by Crippen LogP contribution is -2.27. The second-order valence-electron chi connectivity index (χ2n) is 3.44. The summed E-state index contributed by atoms with van der Waals surface area (Å²) in [6.07, 6.45) is 10.6. The topological polar surface area (TPSA) is 9.23 Å². The van der Waals surface area contributed by atoms with Crippen molar-refractivity contribution < 1.29 is 4.74 Å². The Bertz CT molecular complexity index is 521. The normalized spacial score (nSPS) is 16.1. The molecule has 0 saturated carbocycles. The smallest absolute Gasteiger partial charge is 0.137 e. The van der Waals surface area contributed by atoms with Crippen molar-refractivity contribution in [2.24, 2.45) is 0 Å². The van der Waals surface area contributed by atoms with Gasteiger partial charge in [0, 0.05) is 5.22 Å². The van der Waals surface area contributed by atoms with E-state index < -0.39 is 0 Å². The molecule has 0 saturated heterocycles. The summed E-state index contributed by atoms with van der Waals surface area (Å²) in [5, 5.41) is 2.30. The zero-order valence-electron chi connectivity index (χ0n) is 8.86. The summed E-state index contributed by atoms with van der Waals surface area (Å²) in [5.74, 6) is 0.966. The van der Waals surface area contributed by atoms with E-state index in [4.69, 9.17) is 4.74 Å². The maximum absolute atomic E-state index is 5.57. The first kappa shape index (κ1) is 9.78. The molecule has 0 N–H and O–H groups in total. The van der Waals surface area contributed by atoms with E-state index in [1.54, 1.807) is 12.3 Å². The van der Waals surface area contributed by atoms with Gasteiger partial charge in [0.1, 0.15) is 5.75 Å². The Kier molecular flexibility index (Phi) is 2.72. The van der Waals surface area contributed by atoms with Crippen molar-refractivity contribution in [3.63, 3.8) is 0 Å². The van der Waals surface area contributed by atoms with Crippen molar-refractivity contribution in [2.45, 2.75) is 13.3 Å². The second-order valence-corrected chi connectivity index (χ2v) is 3.44. The molecule has 1 nitrogen and oxygen atoms in total. The largest absolute Gasteiger partial charge is 0.464 e. The molecule has 0 bridgehead atoms. The average molecular weight is 198 g/mol. The fraction of sp³-hybridized carbons (Fsp3) is 0.143. The molecule has 0 aliphatic carbocycles. The summed E-state index contributed by atoms with van der Waals surface area (Å²) in [7, 11) is 0. The lowest BCUT2D eigenvalue weighted by atomic mass is 10.1. The molecule has 1 heteroatoms. The van der Waals surface area contributed by atoms with Gasteiger partial charge in [0.15, 0.2) is 0 Å². The summed E-state index contributed by atoms with van der Waals surface area (Å²) in [4.78, 5) is 0. The van der Waals surface area contributed by atoms with Gasteiger partial charge in [0.05, 0.1) is 6.26 Å². The van der Waals surface area contributed by atoms with Crippen LogP contribution in [0.2, 0.25) is 0 Å². The molecule has 1 aliphatic rings. The van der Waals surface area contributed by atoms with Gasteiger partial charge < -0.3 is 4.74 Å². The highest BCUT2D eigenvalue weighted by Gasteiger charge is 2.07. The summed E-state index contributed by atoms with van der Waals surface area (Å²) in [5.41, 5.74) is 1.23. The first-order chi connectivity index (χ1) is 7.36. The molecular formula is C14H14O. The SMILES string of the molecule is C=C/C=c1/c2c(cc/c1=C/C)CC=CO2. The molecule has 1 aromatic rings. The number of benzene rings is 1. The van der Waals surface area contributed by atoms with Crippen LogP contribution in [0.15, 0.2) is 37.1 Å². The lowest BCUT2D eigenvalue weighted by molar-refractivity contribution is 0.460. The van der Waals surface area contributed by atoms with Crippen molar-refractivity contribution in [3.05, 3.63) is 53.1 Å². The van der Waals surface area contributed by atoms with Crippen molar-refractivity contribution in [2.75, 3.05) is 0 Å². The predicted molar refractivity (Wildman–Crippen MR) is 64.0 cm³/mol. The third-order valence-corrected chi connectivity index (χ3v) is 2.53. The third-order valence-electron chi connectivity index (χ3n) is 2.53. The maximum atomic E-state index is 5.57. The molecule has 15 heavy (non-hydrogen) atoms. The fourth-order valence-corrected chi connectivity index (χ4v) is 1.79. The molecule has 1 aromatic carbocycles. The highest BCUT2D eigenvalue weighted by atomic mass is 16.5. The number of hydrogen-bond donors (Lipinski definition) is 0. The summed E-state index contributed by atoms with van der Waals surface area (Å²) >= 11 is 0. The predicted octanol–water partition coefficient (Wildman–Crippen LogP) is 1.90. The zero-order chi connectivity index (χ0) is 10.7. The van der Waals surface area contributed by atoms with Gasteiger partial charge in [-0.1, -0.05) is 36.9 Å². The first-order valence-electron chi connectivity index (χ1n) is 5.09. The molecule has 2 rings (SSSR count). The maximum Gasteiger partial charge on any atom is 0.137 e. The van der Waals surface area contributed by atoms with Crippen molar-refractivity contribution in [1.29, 1.82) is 0 Å². The highest BCUT2D eigenvalue weighted by Crippen LogP contribution is 2.16. The van der Waals surface area contributed by atoms with Gasteiger partial charge in [0.2, 0.25) is 0 Å². The highest BCUT2D eigenvalue weighted by molar-refractivity contribution is 5.49. The van der Waals surface area contributed by atoms with E-state index in [1.807, 2.05) is 19.1 Å². The van der Waals surface area contributed by atoms with E-state index in [-0.39, 0.29) is 0 Å². The van der Waals surface area contributed by atoms with E-state index in [2.05, 4.69) is 24.8 Å². The van der Waals surface area contributed by atoms with Gasteiger partial charge in [-0.25, -0.2) is 0 Å². The van der Waals surface area contributed by atoms with Gasteiger partial charge >= 0.3 is 0 Å². The van der Waals surface area contributed by atoms with E-state index in [0.29, 0.717) is 0 Å². The first-order valence-corrected chi connectivity index (χ1v) is 5.09. The Morgan fingerprint density at radius 2 is 2.27 bits per heavy atom. The molecule has 0 atom stereocenters. The number of ether oxygens (including phenoxy) is 1. The Balaban J connectivity index is 2.80. The number of hydrogen-bond acceptors (Lipinski definition) is 1. The Morgan fingerprint density at radius 1 is 1.40 bits per heavy atom. The monoisotopic (exact) mass is 198 g/mol. The zero-order valence-corrected chi connectivity index (χ0v) is 8.86. The summed E-state index contributed by atoms with van der Waals surface area (Å²) in [6, 6.07) is 4.24. The molecule has 0 fully saturated rings. The minimum atomic E-state index is 0.942. The van der Waals surface area contributed by atoms with E-state index in [1.165, 1.54) is 10.8 Å². The molecule has 0 aromatic heterocycles. The quantitative estimate of drug-likeness (QED) is 0.669. The van der Waals surface area contributed by atoms with Crippen LogP contribution in [-0.4, -0.2) is 0 Å². The molecular weight excluding hydrogens is 184 g/mol. The van der Waals surface area contributed by atoms with Gasteiger partial charge in [-0.05, 0) is 30.2 Å². The molecule has 0 amide bonds. The molecule has 0 spiro atoms. The van der Waals surface area contributed by atoms with Crippen LogP contribution in [0.25, 0.3) is 12.2 Å². The Hall–Kier alpha value is -1.76. The van der Waals surface area contributed by atoms with E-state index >= 15 is 0 Å². The van der Waals surface area contributed by atoms with Crippen LogP contribution in [0.5, 0.6) is 5.75 Å².